The SMILES string of the molecule is COCCOCCC#CCC(NS(=O)(=O)c1ccc(-c2ccc(OC)cc2)cc1)C(=O)O. The van der Waals surface area contributed by atoms with Crippen LogP contribution < -0.4 is 9.46 Å². The molecule has 0 fully saturated rings. The number of carboxylic acid groups (broad SMARTS) is 1. The van der Waals surface area contributed by atoms with Crippen molar-refractivity contribution in [3.05, 3.63) is 48.5 Å². The fourth-order valence-corrected chi connectivity index (χ4v) is 3.86. The predicted molar refractivity (Wildman–Crippen MR) is 120 cm³/mol. The number of benzene rings is 2. The van der Waals surface area contributed by atoms with Gasteiger partial charge >= 0.3 is 5.97 Å². The molecular formula is C23H27NO7S. The maximum Gasteiger partial charge on any atom is 0.322 e. The van der Waals surface area contributed by atoms with Gasteiger partial charge in [-0.25, -0.2) is 8.42 Å². The van der Waals surface area contributed by atoms with Crippen molar-refractivity contribution in [2.45, 2.75) is 23.8 Å². The fraction of sp³-hybridized carbons (Fsp3) is 0.348. The summed E-state index contributed by atoms with van der Waals surface area (Å²) in [5.74, 6) is 4.90. The topological polar surface area (TPSA) is 111 Å². The molecule has 9 heteroatoms. The third kappa shape index (κ3) is 7.98. The molecule has 0 saturated heterocycles. The van der Waals surface area contributed by atoms with E-state index in [1.54, 1.807) is 26.4 Å². The highest BCUT2D eigenvalue weighted by Crippen LogP contribution is 2.23. The Bertz CT molecular complexity index is 1020. The van der Waals surface area contributed by atoms with Crippen LogP contribution >= 0.6 is 0 Å². The van der Waals surface area contributed by atoms with Gasteiger partial charge in [0, 0.05) is 20.0 Å². The predicted octanol–water partition coefficient (Wildman–Crippen LogP) is 2.54. The number of ether oxygens (including phenoxy) is 3. The number of carboxylic acids is 1. The minimum Gasteiger partial charge on any atom is -0.497 e. The fourth-order valence-electron chi connectivity index (χ4n) is 2.67. The highest BCUT2D eigenvalue weighted by Gasteiger charge is 2.24. The van der Waals surface area contributed by atoms with Crippen molar-refractivity contribution in [2.24, 2.45) is 0 Å². The van der Waals surface area contributed by atoms with Crippen LogP contribution in [-0.2, 0) is 24.3 Å². The zero-order valence-electron chi connectivity index (χ0n) is 18.0. The molecular weight excluding hydrogens is 434 g/mol. The van der Waals surface area contributed by atoms with Gasteiger partial charge in [-0.3, -0.25) is 4.79 Å². The van der Waals surface area contributed by atoms with Gasteiger partial charge in [-0.2, -0.15) is 4.72 Å². The maximum absolute atomic E-state index is 12.6. The first-order valence-electron chi connectivity index (χ1n) is 9.89. The van der Waals surface area contributed by atoms with E-state index in [-0.39, 0.29) is 11.3 Å². The lowest BCUT2D eigenvalue weighted by Crippen LogP contribution is -2.40. The number of carbonyl (C=O) groups is 1. The van der Waals surface area contributed by atoms with E-state index in [2.05, 4.69) is 16.6 Å². The summed E-state index contributed by atoms with van der Waals surface area (Å²) in [7, 11) is -0.874. The van der Waals surface area contributed by atoms with Gasteiger partial charge in [0.15, 0.2) is 0 Å². The zero-order valence-corrected chi connectivity index (χ0v) is 18.9. The Hall–Kier alpha value is -2.90. The lowest BCUT2D eigenvalue weighted by atomic mass is 10.1. The van der Waals surface area contributed by atoms with Crippen molar-refractivity contribution in [1.82, 2.24) is 4.72 Å². The molecule has 0 bridgehead atoms. The van der Waals surface area contributed by atoms with Crippen molar-refractivity contribution in [1.29, 1.82) is 0 Å². The second-order valence-electron chi connectivity index (χ2n) is 6.68. The summed E-state index contributed by atoms with van der Waals surface area (Å²) in [6.45, 7) is 1.32. The van der Waals surface area contributed by atoms with Crippen LogP contribution in [0.3, 0.4) is 0 Å². The van der Waals surface area contributed by atoms with Crippen molar-refractivity contribution in [3.8, 4) is 28.7 Å². The van der Waals surface area contributed by atoms with E-state index in [4.69, 9.17) is 14.2 Å². The average Bonchev–Trinajstić information content (AvgIpc) is 2.80. The quantitative estimate of drug-likeness (QED) is 0.369. The van der Waals surface area contributed by atoms with E-state index in [1.807, 2.05) is 24.3 Å². The van der Waals surface area contributed by atoms with E-state index < -0.39 is 22.0 Å². The number of hydrogen-bond donors (Lipinski definition) is 2. The van der Waals surface area contributed by atoms with E-state index in [0.717, 1.165) is 16.9 Å². The van der Waals surface area contributed by atoms with Crippen LogP contribution in [0.15, 0.2) is 53.4 Å². The van der Waals surface area contributed by atoms with Gasteiger partial charge in [-0.05, 0) is 35.4 Å². The molecule has 0 amide bonds. The normalized spacial score (nSPS) is 11.9. The van der Waals surface area contributed by atoms with Gasteiger partial charge in [0.2, 0.25) is 10.0 Å². The number of hydrogen-bond acceptors (Lipinski definition) is 6. The first-order valence-corrected chi connectivity index (χ1v) is 11.4. The molecule has 172 valence electrons. The Morgan fingerprint density at radius 2 is 1.59 bits per heavy atom. The van der Waals surface area contributed by atoms with Crippen LogP contribution in [0.4, 0.5) is 0 Å². The summed E-state index contributed by atoms with van der Waals surface area (Å²) in [5.41, 5.74) is 1.72. The second-order valence-corrected chi connectivity index (χ2v) is 8.39. The highest BCUT2D eigenvalue weighted by molar-refractivity contribution is 7.89. The molecule has 8 nitrogen and oxygen atoms in total. The Labute approximate surface area is 188 Å². The summed E-state index contributed by atoms with van der Waals surface area (Å²) in [6.07, 6.45) is 0.256. The average molecular weight is 462 g/mol. The van der Waals surface area contributed by atoms with Crippen LogP contribution in [0.1, 0.15) is 12.8 Å². The Morgan fingerprint density at radius 1 is 0.969 bits per heavy atom. The molecule has 0 radical (unpaired) electrons. The standard InChI is InChI=1S/C23H27NO7S/c1-29-16-17-31-15-5-3-4-6-22(23(25)26)24-32(27,28)21-13-9-19(10-14-21)18-7-11-20(30-2)12-8-18/h7-14,22,24H,5-6,15-17H2,1-2H3,(H,25,26). The molecule has 0 spiro atoms. The van der Waals surface area contributed by atoms with E-state index in [1.165, 1.54) is 12.1 Å². The van der Waals surface area contributed by atoms with Crippen LogP contribution in [0, 0.1) is 11.8 Å². The molecule has 0 aliphatic heterocycles. The number of methoxy groups -OCH3 is 2. The molecule has 2 aromatic rings. The Morgan fingerprint density at radius 3 is 2.16 bits per heavy atom. The van der Waals surface area contributed by atoms with Crippen LogP contribution in [0.2, 0.25) is 0 Å². The van der Waals surface area contributed by atoms with Crippen LogP contribution in [0.25, 0.3) is 11.1 Å². The number of nitrogens with one attached hydrogen (secondary N) is 1. The van der Waals surface area contributed by atoms with Gasteiger partial charge in [-0.1, -0.05) is 24.3 Å². The van der Waals surface area contributed by atoms with Crippen molar-refractivity contribution < 1.29 is 32.5 Å². The Kier molecular flexibility index (Phi) is 10.2. The molecule has 0 heterocycles. The Balaban J connectivity index is 1.98. The van der Waals surface area contributed by atoms with Gasteiger partial charge in [0.05, 0.1) is 31.8 Å². The summed E-state index contributed by atoms with van der Waals surface area (Å²) < 4.78 is 42.7. The molecule has 32 heavy (non-hydrogen) atoms. The molecule has 2 N–H and O–H groups in total. The minimum absolute atomic E-state index is 0.0273. The van der Waals surface area contributed by atoms with E-state index in [0.29, 0.717) is 26.2 Å². The maximum atomic E-state index is 12.6. The smallest absolute Gasteiger partial charge is 0.322 e. The lowest BCUT2D eigenvalue weighted by molar-refractivity contribution is -0.138. The molecule has 1 atom stereocenters. The molecule has 2 rings (SSSR count). The summed E-state index contributed by atoms with van der Waals surface area (Å²) in [4.78, 5) is 11.5. The first-order chi connectivity index (χ1) is 15.4. The first kappa shape index (κ1) is 25.4. The van der Waals surface area contributed by atoms with Crippen LogP contribution in [-0.4, -0.2) is 59.6 Å². The monoisotopic (exact) mass is 461 g/mol. The lowest BCUT2D eigenvalue weighted by Gasteiger charge is -2.13. The summed E-state index contributed by atoms with van der Waals surface area (Å²) in [6, 6.07) is 12.2. The van der Waals surface area contributed by atoms with Gasteiger partial charge in [0.25, 0.3) is 0 Å². The largest absolute Gasteiger partial charge is 0.497 e. The summed E-state index contributed by atoms with van der Waals surface area (Å²) in [5, 5.41) is 9.38. The molecule has 1 unspecified atom stereocenters. The molecule has 2 aromatic carbocycles. The van der Waals surface area contributed by atoms with Gasteiger partial charge in [-0.15, -0.1) is 11.8 Å². The number of sulfonamides is 1. The summed E-state index contributed by atoms with van der Waals surface area (Å²) >= 11 is 0. The number of rotatable bonds is 12. The minimum atomic E-state index is -4.03. The van der Waals surface area contributed by atoms with Gasteiger partial charge < -0.3 is 19.3 Å². The molecule has 0 aliphatic rings. The van der Waals surface area contributed by atoms with Crippen molar-refractivity contribution in [3.63, 3.8) is 0 Å². The molecule has 0 aliphatic carbocycles. The second kappa shape index (κ2) is 12.8. The third-order valence-corrected chi connectivity index (χ3v) is 5.91. The van der Waals surface area contributed by atoms with Crippen LogP contribution in [0.5, 0.6) is 5.75 Å². The molecule has 0 aromatic heterocycles. The van der Waals surface area contributed by atoms with E-state index in [9.17, 15) is 18.3 Å². The van der Waals surface area contributed by atoms with E-state index >= 15 is 0 Å². The number of aliphatic carboxylic acids is 1. The molecule has 0 saturated carbocycles. The van der Waals surface area contributed by atoms with Crippen molar-refractivity contribution in [2.75, 3.05) is 34.0 Å². The zero-order chi connectivity index (χ0) is 23.4. The van der Waals surface area contributed by atoms with Crippen molar-refractivity contribution >= 4 is 16.0 Å². The highest BCUT2D eigenvalue weighted by atomic mass is 32.2. The third-order valence-electron chi connectivity index (χ3n) is 4.42. The van der Waals surface area contributed by atoms with Gasteiger partial charge in [0.1, 0.15) is 11.8 Å².